The molecule has 0 spiro atoms. The summed E-state index contributed by atoms with van der Waals surface area (Å²) >= 11 is 12.3. The number of aromatic nitrogens is 4. The van der Waals surface area contributed by atoms with Gasteiger partial charge in [-0.15, -0.1) is 0 Å². The number of nitrogens with one attached hydrogen (secondary N) is 2. The fourth-order valence-electron chi connectivity index (χ4n) is 3.20. The first kappa shape index (κ1) is 18.5. The predicted octanol–water partition coefficient (Wildman–Crippen LogP) is 4.22. The van der Waals surface area contributed by atoms with Crippen molar-refractivity contribution in [3.63, 3.8) is 0 Å². The normalized spacial score (nSPS) is 15.8. The maximum Gasteiger partial charge on any atom is 0.255 e. The van der Waals surface area contributed by atoms with Gasteiger partial charge in [-0.25, -0.2) is 0 Å². The highest BCUT2D eigenvalue weighted by Crippen LogP contribution is 2.37. The standard InChI is InChI=1S/C19H16Cl2N6O/c1-10-5-3-4-6-15(10)23-18(28)16-11(2)22-19-24-25-26-27(19)17(16)12-7-8-13(20)14(21)9-12/h3-9,17H,1-2H3,(H,23,28)(H,22,24,26)/t17-/m1/s1. The van der Waals surface area contributed by atoms with Crippen molar-refractivity contribution in [1.29, 1.82) is 0 Å². The zero-order valence-electron chi connectivity index (χ0n) is 15.1. The number of para-hydroxylation sites is 1. The Morgan fingerprint density at radius 3 is 2.68 bits per heavy atom. The lowest BCUT2D eigenvalue weighted by molar-refractivity contribution is -0.113. The first-order valence-electron chi connectivity index (χ1n) is 8.53. The van der Waals surface area contributed by atoms with E-state index >= 15 is 0 Å². The SMILES string of the molecule is CC1=C(C(=O)Nc2ccccc2C)[C@@H](c2ccc(Cl)c(Cl)c2)n2nnnc2N1. The van der Waals surface area contributed by atoms with Gasteiger partial charge in [-0.2, -0.15) is 4.68 Å². The number of allylic oxidation sites excluding steroid dienone is 1. The minimum Gasteiger partial charge on any atom is -0.326 e. The van der Waals surface area contributed by atoms with E-state index in [1.165, 1.54) is 0 Å². The molecule has 0 radical (unpaired) electrons. The molecule has 1 aromatic heterocycles. The third-order valence-corrected chi connectivity index (χ3v) is 5.35. The van der Waals surface area contributed by atoms with Crippen LogP contribution in [0.25, 0.3) is 0 Å². The zero-order valence-corrected chi connectivity index (χ0v) is 16.6. The topological polar surface area (TPSA) is 84.7 Å². The Hall–Kier alpha value is -2.90. The molecule has 7 nitrogen and oxygen atoms in total. The highest BCUT2D eigenvalue weighted by Gasteiger charge is 2.34. The van der Waals surface area contributed by atoms with Crippen molar-refractivity contribution in [3.8, 4) is 0 Å². The van der Waals surface area contributed by atoms with Crippen molar-refractivity contribution >= 4 is 40.7 Å². The fraction of sp³-hybridized carbons (Fsp3) is 0.158. The average Bonchev–Trinajstić information content (AvgIpc) is 3.12. The first-order chi connectivity index (χ1) is 13.5. The van der Waals surface area contributed by atoms with Crippen LogP contribution in [0.3, 0.4) is 0 Å². The number of tetrazole rings is 1. The molecule has 2 heterocycles. The molecule has 9 heteroatoms. The van der Waals surface area contributed by atoms with E-state index in [0.29, 0.717) is 27.3 Å². The summed E-state index contributed by atoms with van der Waals surface area (Å²) < 4.78 is 1.55. The van der Waals surface area contributed by atoms with Crippen LogP contribution in [-0.2, 0) is 4.79 Å². The van der Waals surface area contributed by atoms with Gasteiger partial charge in [-0.3, -0.25) is 4.79 Å². The minimum absolute atomic E-state index is 0.253. The van der Waals surface area contributed by atoms with E-state index in [1.807, 2.05) is 44.2 Å². The number of nitrogens with zero attached hydrogens (tertiary/aromatic N) is 4. The van der Waals surface area contributed by atoms with Gasteiger partial charge in [0.1, 0.15) is 6.04 Å². The van der Waals surface area contributed by atoms with Crippen molar-refractivity contribution < 1.29 is 4.79 Å². The largest absolute Gasteiger partial charge is 0.326 e. The summed E-state index contributed by atoms with van der Waals surface area (Å²) in [5, 5.41) is 18.7. The van der Waals surface area contributed by atoms with Gasteiger partial charge in [0.15, 0.2) is 0 Å². The summed E-state index contributed by atoms with van der Waals surface area (Å²) in [5.74, 6) is 0.192. The predicted molar refractivity (Wildman–Crippen MR) is 109 cm³/mol. The molecule has 0 aliphatic carbocycles. The number of rotatable bonds is 3. The molecule has 4 rings (SSSR count). The first-order valence-corrected chi connectivity index (χ1v) is 9.29. The maximum absolute atomic E-state index is 13.2. The Bertz CT molecular complexity index is 1110. The zero-order chi connectivity index (χ0) is 19.8. The molecular weight excluding hydrogens is 399 g/mol. The second-order valence-electron chi connectivity index (χ2n) is 6.46. The van der Waals surface area contributed by atoms with Gasteiger partial charge < -0.3 is 10.6 Å². The van der Waals surface area contributed by atoms with Gasteiger partial charge in [-0.05, 0) is 53.6 Å². The molecule has 0 unspecified atom stereocenters. The molecule has 0 bridgehead atoms. The summed E-state index contributed by atoms with van der Waals surface area (Å²) in [6.45, 7) is 3.75. The summed E-state index contributed by atoms with van der Waals surface area (Å²) in [6.07, 6.45) is 0. The Kier molecular flexibility index (Phi) is 4.78. The fourth-order valence-corrected chi connectivity index (χ4v) is 3.51. The molecule has 0 saturated carbocycles. The Labute approximate surface area is 171 Å². The Morgan fingerprint density at radius 2 is 1.93 bits per heavy atom. The molecule has 1 aliphatic heterocycles. The number of anilines is 2. The number of halogens is 2. The van der Waals surface area contributed by atoms with Crippen LogP contribution in [0.5, 0.6) is 0 Å². The number of amides is 1. The molecule has 1 atom stereocenters. The number of carbonyl (C=O) groups excluding carboxylic acids is 1. The smallest absolute Gasteiger partial charge is 0.255 e. The van der Waals surface area contributed by atoms with Gasteiger partial charge in [0.2, 0.25) is 5.95 Å². The van der Waals surface area contributed by atoms with Gasteiger partial charge in [0.05, 0.1) is 15.6 Å². The number of carbonyl (C=O) groups is 1. The number of hydrogen-bond acceptors (Lipinski definition) is 5. The van der Waals surface area contributed by atoms with Crippen LogP contribution in [0.15, 0.2) is 53.7 Å². The van der Waals surface area contributed by atoms with Crippen LogP contribution in [0.1, 0.15) is 24.1 Å². The molecule has 2 aromatic carbocycles. The van der Waals surface area contributed by atoms with Crippen molar-refractivity contribution in [3.05, 3.63) is 74.9 Å². The van der Waals surface area contributed by atoms with Crippen LogP contribution in [0.4, 0.5) is 11.6 Å². The quantitative estimate of drug-likeness (QED) is 0.669. The number of aryl methyl sites for hydroxylation is 1. The van der Waals surface area contributed by atoms with E-state index in [9.17, 15) is 4.79 Å². The third-order valence-electron chi connectivity index (χ3n) is 4.61. The highest BCUT2D eigenvalue weighted by molar-refractivity contribution is 6.42. The summed E-state index contributed by atoms with van der Waals surface area (Å²) in [5.41, 5.74) is 3.60. The minimum atomic E-state index is -0.551. The van der Waals surface area contributed by atoms with E-state index < -0.39 is 6.04 Å². The number of fused-ring (bicyclic) bond motifs is 1. The lowest BCUT2D eigenvalue weighted by Crippen LogP contribution is -2.31. The Balaban J connectivity index is 1.79. The third kappa shape index (κ3) is 3.23. The van der Waals surface area contributed by atoms with Crippen LogP contribution in [-0.4, -0.2) is 26.1 Å². The van der Waals surface area contributed by atoms with E-state index in [2.05, 4.69) is 26.2 Å². The molecular formula is C19H16Cl2N6O. The lowest BCUT2D eigenvalue weighted by Gasteiger charge is -2.28. The summed E-state index contributed by atoms with van der Waals surface area (Å²) in [6, 6.07) is 12.3. The molecule has 0 fully saturated rings. The van der Waals surface area contributed by atoms with Gasteiger partial charge in [0.25, 0.3) is 5.91 Å². The molecule has 142 valence electrons. The van der Waals surface area contributed by atoms with Crippen molar-refractivity contribution in [2.75, 3.05) is 10.6 Å². The van der Waals surface area contributed by atoms with E-state index in [1.54, 1.807) is 16.8 Å². The molecule has 0 saturated heterocycles. The van der Waals surface area contributed by atoms with E-state index in [4.69, 9.17) is 23.2 Å². The lowest BCUT2D eigenvalue weighted by atomic mass is 9.95. The molecule has 1 amide bonds. The Morgan fingerprint density at radius 1 is 1.14 bits per heavy atom. The number of hydrogen-bond donors (Lipinski definition) is 2. The molecule has 2 N–H and O–H groups in total. The van der Waals surface area contributed by atoms with Crippen LogP contribution in [0, 0.1) is 6.92 Å². The van der Waals surface area contributed by atoms with Crippen molar-refractivity contribution in [2.24, 2.45) is 0 Å². The van der Waals surface area contributed by atoms with E-state index in [0.717, 1.165) is 16.8 Å². The molecule has 28 heavy (non-hydrogen) atoms. The van der Waals surface area contributed by atoms with Crippen molar-refractivity contribution in [2.45, 2.75) is 19.9 Å². The van der Waals surface area contributed by atoms with Crippen LogP contribution >= 0.6 is 23.2 Å². The second kappa shape index (κ2) is 7.26. The highest BCUT2D eigenvalue weighted by atomic mass is 35.5. The second-order valence-corrected chi connectivity index (χ2v) is 7.27. The summed E-state index contributed by atoms with van der Waals surface area (Å²) in [4.78, 5) is 13.2. The monoisotopic (exact) mass is 414 g/mol. The number of benzene rings is 2. The van der Waals surface area contributed by atoms with Gasteiger partial charge >= 0.3 is 0 Å². The maximum atomic E-state index is 13.2. The average molecular weight is 415 g/mol. The molecule has 3 aromatic rings. The van der Waals surface area contributed by atoms with E-state index in [-0.39, 0.29) is 5.91 Å². The summed E-state index contributed by atoms with van der Waals surface area (Å²) in [7, 11) is 0. The van der Waals surface area contributed by atoms with Crippen LogP contribution < -0.4 is 10.6 Å². The van der Waals surface area contributed by atoms with Gasteiger partial charge in [0, 0.05) is 11.4 Å². The van der Waals surface area contributed by atoms with Crippen LogP contribution in [0.2, 0.25) is 10.0 Å². The molecule has 1 aliphatic rings. The van der Waals surface area contributed by atoms with Crippen molar-refractivity contribution in [1.82, 2.24) is 20.2 Å². The van der Waals surface area contributed by atoms with Gasteiger partial charge in [-0.1, -0.05) is 52.6 Å².